The van der Waals surface area contributed by atoms with Gasteiger partial charge in [0.15, 0.2) is 0 Å². The lowest BCUT2D eigenvalue weighted by molar-refractivity contribution is -0.107. The summed E-state index contributed by atoms with van der Waals surface area (Å²) in [5.74, 6) is -0.499. The molecule has 11 heavy (non-hydrogen) atoms. The van der Waals surface area contributed by atoms with Gasteiger partial charge in [0.2, 0.25) is 0 Å². The number of hydrogen-bond acceptors (Lipinski definition) is 2. The van der Waals surface area contributed by atoms with Crippen molar-refractivity contribution in [2.75, 3.05) is 0 Å². The minimum absolute atomic E-state index is 0.0353. The van der Waals surface area contributed by atoms with Gasteiger partial charge >= 0.3 is 0 Å². The zero-order valence-corrected chi connectivity index (χ0v) is 6.31. The maximum absolute atomic E-state index is 12.7. The van der Waals surface area contributed by atoms with E-state index < -0.39 is 5.82 Å². The number of halogens is 2. The molecule has 0 aliphatic carbocycles. The molecule has 4 heteroatoms. The summed E-state index contributed by atoms with van der Waals surface area (Å²) in [7, 11) is 0. The Morgan fingerprint density at radius 1 is 1.64 bits per heavy atom. The molecule has 0 atom stereocenters. The van der Waals surface area contributed by atoms with Crippen LogP contribution in [0.15, 0.2) is 12.1 Å². The summed E-state index contributed by atoms with van der Waals surface area (Å²) in [6, 6.07) is 2.53. The second kappa shape index (κ2) is 3.44. The first kappa shape index (κ1) is 8.14. The van der Waals surface area contributed by atoms with Crippen LogP contribution in [0.25, 0.3) is 0 Å². The van der Waals surface area contributed by atoms with Gasteiger partial charge in [-0.25, -0.2) is 9.37 Å². The van der Waals surface area contributed by atoms with Gasteiger partial charge in [0, 0.05) is 6.42 Å². The topological polar surface area (TPSA) is 30.0 Å². The normalized spacial score (nSPS) is 9.64. The lowest BCUT2D eigenvalue weighted by Crippen LogP contribution is -1.95. The Balaban J connectivity index is 3.01. The molecule has 0 saturated heterocycles. The number of carbonyl (C=O) groups excluding carboxylic acids is 1. The summed E-state index contributed by atoms with van der Waals surface area (Å²) in [4.78, 5) is 13.6. The summed E-state index contributed by atoms with van der Waals surface area (Å²) in [6.45, 7) is 0. The van der Waals surface area contributed by atoms with E-state index in [2.05, 4.69) is 4.98 Å². The van der Waals surface area contributed by atoms with Crippen molar-refractivity contribution in [3.8, 4) is 0 Å². The molecular formula is C7H5ClFNO. The van der Waals surface area contributed by atoms with E-state index in [1.165, 1.54) is 12.1 Å². The van der Waals surface area contributed by atoms with Crippen LogP contribution in [0.2, 0.25) is 5.15 Å². The van der Waals surface area contributed by atoms with Crippen LogP contribution in [-0.4, -0.2) is 11.3 Å². The molecule has 0 saturated carbocycles. The number of hydrogen-bond donors (Lipinski definition) is 0. The highest BCUT2D eigenvalue weighted by molar-refractivity contribution is 6.29. The molecule has 1 aromatic heterocycles. The van der Waals surface area contributed by atoms with E-state index in [4.69, 9.17) is 11.6 Å². The number of carbonyl (C=O) groups is 1. The quantitative estimate of drug-likeness (QED) is 0.503. The van der Waals surface area contributed by atoms with Crippen LogP contribution in [0.4, 0.5) is 4.39 Å². The molecule has 0 spiro atoms. The first-order valence-corrected chi connectivity index (χ1v) is 3.36. The van der Waals surface area contributed by atoms with E-state index in [0.717, 1.165) is 0 Å². The van der Waals surface area contributed by atoms with Gasteiger partial charge in [0.25, 0.3) is 0 Å². The third-order valence-electron chi connectivity index (χ3n) is 1.16. The molecule has 1 heterocycles. The third-order valence-corrected chi connectivity index (χ3v) is 1.37. The van der Waals surface area contributed by atoms with E-state index in [-0.39, 0.29) is 17.3 Å². The van der Waals surface area contributed by atoms with Crippen molar-refractivity contribution in [2.24, 2.45) is 0 Å². The number of pyridine rings is 1. The largest absolute Gasteiger partial charge is 0.303 e. The zero-order chi connectivity index (χ0) is 8.27. The predicted molar refractivity (Wildman–Crippen MR) is 39.0 cm³/mol. The van der Waals surface area contributed by atoms with Gasteiger partial charge in [-0.05, 0) is 12.1 Å². The monoisotopic (exact) mass is 173 g/mol. The van der Waals surface area contributed by atoms with Crippen LogP contribution in [-0.2, 0) is 11.2 Å². The maximum Gasteiger partial charge on any atom is 0.145 e. The second-order valence-electron chi connectivity index (χ2n) is 1.93. The van der Waals surface area contributed by atoms with Gasteiger partial charge in [0.1, 0.15) is 17.3 Å². The van der Waals surface area contributed by atoms with E-state index >= 15 is 0 Å². The van der Waals surface area contributed by atoms with E-state index in [9.17, 15) is 9.18 Å². The van der Waals surface area contributed by atoms with E-state index in [0.29, 0.717) is 6.29 Å². The molecule has 0 aliphatic rings. The molecule has 0 N–H and O–H groups in total. The summed E-state index contributed by atoms with van der Waals surface area (Å²) >= 11 is 5.46. The lowest BCUT2D eigenvalue weighted by atomic mass is 10.3. The summed E-state index contributed by atoms with van der Waals surface area (Å²) in [5.41, 5.74) is 0.0903. The van der Waals surface area contributed by atoms with Gasteiger partial charge in [-0.1, -0.05) is 11.6 Å². The average Bonchev–Trinajstić information content (AvgIpc) is 1.98. The van der Waals surface area contributed by atoms with Crippen LogP contribution in [0, 0.1) is 5.82 Å². The van der Waals surface area contributed by atoms with E-state index in [1.807, 2.05) is 0 Å². The smallest absolute Gasteiger partial charge is 0.145 e. The molecular weight excluding hydrogens is 169 g/mol. The van der Waals surface area contributed by atoms with Gasteiger partial charge in [-0.3, -0.25) is 0 Å². The molecule has 0 unspecified atom stereocenters. The Morgan fingerprint density at radius 3 is 3.00 bits per heavy atom. The molecule has 58 valence electrons. The Bertz CT molecular complexity index is 277. The van der Waals surface area contributed by atoms with Crippen molar-refractivity contribution in [3.05, 3.63) is 28.8 Å². The Morgan fingerprint density at radius 2 is 2.36 bits per heavy atom. The number of aldehydes is 1. The number of rotatable bonds is 2. The van der Waals surface area contributed by atoms with Crippen molar-refractivity contribution in [1.82, 2.24) is 4.98 Å². The van der Waals surface area contributed by atoms with Crippen molar-refractivity contribution in [3.63, 3.8) is 0 Å². The SMILES string of the molecule is O=CCc1nc(Cl)ccc1F. The fourth-order valence-corrected chi connectivity index (χ4v) is 0.845. The number of aromatic nitrogens is 1. The Hall–Kier alpha value is -0.960. The zero-order valence-electron chi connectivity index (χ0n) is 5.55. The fourth-order valence-electron chi connectivity index (χ4n) is 0.680. The predicted octanol–water partition coefficient (Wildman–Crippen LogP) is 1.62. The minimum Gasteiger partial charge on any atom is -0.303 e. The highest BCUT2D eigenvalue weighted by Gasteiger charge is 2.02. The summed E-state index contributed by atoms with van der Waals surface area (Å²) in [6.07, 6.45) is 0.550. The first-order chi connectivity index (χ1) is 5.24. The van der Waals surface area contributed by atoms with Crippen molar-refractivity contribution in [2.45, 2.75) is 6.42 Å². The maximum atomic E-state index is 12.7. The average molecular weight is 174 g/mol. The van der Waals surface area contributed by atoms with Crippen molar-refractivity contribution in [1.29, 1.82) is 0 Å². The first-order valence-electron chi connectivity index (χ1n) is 2.98. The molecule has 2 nitrogen and oxygen atoms in total. The Labute approximate surface area is 68.0 Å². The highest BCUT2D eigenvalue weighted by atomic mass is 35.5. The van der Waals surface area contributed by atoms with Crippen LogP contribution < -0.4 is 0 Å². The molecule has 0 aromatic carbocycles. The standard InChI is InChI=1S/C7H5ClFNO/c8-7-2-1-5(9)6(10-7)3-4-11/h1-2,4H,3H2. The highest BCUT2D eigenvalue weighted by Crippen LogP contribution is 2.09. The molecule has 1 aromatic rings. The summed E-state index contributed by atoms with van der Waals surface area (Å²) in [5, 5.41) is 0.197. The molecule has 1 rings (SSSR count). The third kappa shape index (κ3) is 1.98. The molecule has 0 radical (unpaired) electrons. The van der Waals surface area contributed by atoms with Gasteiger partial charge in [-0.2, -0.15) is 0 Å². The van der Waals surface area contributed by atoms with Crippen LogP contribution >= 0.6 is 11.6 Å². The van der Waals surface area contributed by atoms with Gasteiger partial charge < -0.3 is 4.79 Å². The van der Waals surface area contributed by atoms with Crippen molar-refractivity contribution < 1.29 is 9.18 Å². The van der Waals surface area contributed by atoms with Crippen LogP contribution in [0.1, 0.15) is 5.69 Å². The van der Waals surface area contributed by atoms with Crippen LogP contribution in [0.3, 0.4) is 0 Å². The molecule has 0 bridgehead atoms. The molecule has 0 aliphatic heterocycles. The summed E-state index contributed by atoms with van der Waals surface area (Å²) < 4.78 is 12.7. The van der Waals surface area contributed by atoms with E-state index in [1.54, 1.807) is 0 Å². The minimum atomic E-state index is -0.499. The molecule has 0 amide bonds. The molecule has 0 fully saturated rings. The Kier molecular flexibility index (Phi) is 2.54. The fraction of sp³-hybridized carbons (Fsp3) is 0.143. The van der Waals surface area contributed by atoms with Crippen LogP contribution in [0.5, 0.6) is 0 Å². The van der Waals surface area contributed by atoms with Crippen molar-refractivity contribution >= 4 is 17.9 Å². The second-order valence-corrected chi connectivity index (χ2v) is 2.32. The van der Waals surface area contributed by atoms with Gasteiger partial charge in [-0.15, -0.1) is 0 Å². The number of nitrogens with zero attached hydrogens (tertiary/aromatic N) is 1. The lowest BCUT2D eigenvalue weighted by Gasteiger charge is -1.96. The van der Waals surface area contributed by atoms with Gasteiger partial charge in [0.05, 0.1) is 5.69 Å².